The number of aromatic nitrogens is 2. The predicted molar refractivity (Wildman–Crippen MR) is 83.8 cm³/mol. The maximum atomic E-state index is 4.01. The van der Waals surface area contributed by atoms with Gasteiger partial charge < -0.3 is 10.3 Å². The first-order valence-corrected chi connectivity index (χ1v) is 7.55. The second-order valence-corrected chi connectivity index (χ2v) is 5.80. The molecule has 0 fully saturated rings. The van der Waals surface area contributed by atoms with Gasteiger partial charge in [0.2, 0.25) is 0 Å². The molecule has 2 heterocycles. The van der Waals surface area contributed by atoms with Crippen molar-refractivity contribution in [3.8, 4) is 10.4 Å². The Kier molecular flexibility index (Phi) is 4.25. The van der Waals surface area contributed by atoms with Crippen LogP contribution in [0.3, 0.4) is 0 Å². The SMILES string of the molecule is c1ccc(-c2ccc(CNCCc3cnc[nH]3)s2)cc1. The van der Waals surface area contributed by atoms with E-state index in [1.165, 1.54) is 21.0 Å². The van der Waals surface area contributed by atoms with Crippen molar-refractivity contribution >= 4 is 11.3 Å². The van der Waals surface area contributed by atoms with E-state index in [-0.39, 0.29) is 0 Å². The van der Waals surface area contributed by atoms with E-state index in [1.54, 1.807) is 6.33 Å². The van der Waals surface area contributed by atoms with Crippen molar-refractivity contribution < 1.29 is 0 Å². The topological polar surface area (TPSA) is 40.7 Å². The van der Waals surface area contributed by atoms with E-state index in [4.69, 9.17) is 0 Å². The van der Waals surface area contributed by atoms with Crippen LogP contribution in [0.2, 0.25) is 0 Å². The van der Waals surface area contributed by atoms with Crippen LogP contribution in [0.5, 0.6) is 0 Å². The summed E-state index contributed by atoms with van der Waals surface area (Å²) in [5, 5.41) is 3.47. The van der Waals surface area contributed by atoms with E-state index in [0.717, 1.165) is 19.5 Å². The van der Waals surface area contributed by atoms with Crippen molar-refractivity contribution in [2.24, 2.45) is 0 Å². The fourth-order valence-corrected chi connectivity index (χ4v) is 3.07. The van der Waals surface area contributed by atoms with Gasteiger partial charge in [-0.05, 0) is 17.7 Å². The third kappa shape index (κ3) is 3.35. The fourth-order valence-electron chi connectivity index (χ4n) is 2.09. The van der Waals surface area contributed by atoms with Crippen LogP contribution in [0.1, 0.15) is 10.6 Å². The summed E-state index contributed by atoms with van der Waals surface area (Å²) in [4.78, 5) is 9.83. The molecule has 4 heteroatoms. The fraction of sp³-hybridized carbons (Fsp3) is 0.188. The Morgan fingerprint density at radius 1 is 1.10 bits per heavy atom. The Hall–Kier alpha value is -1.91. The largest absolute Gasteiger partial charge is 0.348 e. The van der Waals surface area contributed by atoms with Gasteiger partial charge in [-0.1, -0.05) is 30.3 Å². The summed E-state index contributed by atoms with van der Waals surface area (Å²) < 4.78 is 0. The zero-order chi connectivity index (χ0) is 13.6. The first-order chi connectivity index (χ1) is 9.92. The number of hydrogen-bond acceptors (Lipinski definition) is 3. The smallest absolute Gasteiger partial charge is 0.0921 e. The standard InChI is InChI=1S/C16H17N3S/c1-2-4-13(5-3-1)16-7-6-15(20-16)11-17-9-8-14-10-18-12-19-14/h1-7,10,12,17H,8-9,11H2,(H,18,19). The molecule has 0 aliphatic heterocycles. The molecule has 20 heavy (non-hydrogen) atoms. The molecule has 102 valence electrons. The maximum absolute atomic E-state index is 4.01. The predicted octanol–water partition coefficient (Wildman–Crippen LogP) is 3.47. The van der Waals surface area contributed by atoms with Gasteiger partial charge in [-0.15, -0.1) is 11.3 Å². The van der Waals surface area contributed by atoms with Gasteiger partial charge in [0.1, 0.15) is 0 Å². The summed E-state index contributed by atoms with van der Waals surface area (Å²) in [6.45, 7) is 1.88. The maximum Gasteiger partial charge on any atom is 0.0921 e. The van der Waals surface area contributed by atoms with Gasteiger partial charge in [0, 0.05) is 41.2 Å². The molecular formula is C16H17N3S. The summed E-state index contributed by atoms with van der Waals surface area (Å²) in [6.07, 6.45) is 4.58. The van der Waals surface area contributed by atoms with Gasteiger partial charge in [-0.25, -0.2) is 4.98 Å². The molecule has 0 saturated heterocycles. The number of aromatic amines is 1. The monoisotopic (exact) mass is 283 g/mol. The van der Waals surface area contributed by atoms with Crippen LogP contribution in [0.15, 0.2) is 55.0 Å². The highest BCUT2D eigenvalue weighted by molar-refractivity contribution is 7.15. The van der Waals surface area contributed by atoms with Crippen molar-refractivity contribution in [3.63, 3.8) is 0 Å². The second kappa shape index (κ2) is 6.50. The van der Waals surface area contributed by atoms with Crippen LogP contribution in [0, 0.1) is 0 Å². The first kappa shape index (κ1) is 13.1. The van der Waals surface area contributed by atoms with Gasteiger partial charge in [-0.2, -0.15) is 0 Å². The van der Waals surface area contributed by atoms with Gasteiger partial charge >= 0.3 is 0 Å². The lowest BCUT2D eigenvalue weighted by Crippen LogP contribution is -2.16. The van der Waals surface area contributed by atoms with Gasteiger partial charge in [-0.3, -0.25) is 0 Å². The first-order valence-electron chi connectivity index (χ1n) is 6.74. The quantitative estimate of drug-likeness (QED) is 0.680. The van der Waals surface area contributed by atoms with Crippen molar-refractivity contribution in [3.05, 3.63) is 65.6 Å². The average molecular weight is 283 g/mol. The van der Waals surface area contributed by atoms with Crippen LogP contribution >= 0.6 is 11.3 Å². The zero-order valence-electron chi connectivity index (χ0n) is 11.2. The summed E-state index contributed by atoms with van der Waals surface area (Å²) in [6, 6.07) is 14.9. The van der Waals surface area contributed by atoms with Crippen LogP contribution < -0.4 is 5.32 Å². The summed E-state index contributed by atoms with van der Waals surface area (Å²) in [5.74, 6) is 0. The molecule has 0 unspecified atom stereocenters. The molecule has 0 aliphatic carbocycles. The van der Waals surface area contributed by atoms with E-state index in [0.29, 0.717) is 0 Å². The number of imidazole rings is 1. The highest BCUT2D eigenvalue weighted by Gasteiger charge is 2.02. The molecule has 2 aromatic heterocycles. The highest BCUT2D eigenvalue weighted by atomic mass is 32.1. The summed E-state index contributed by atoms with van der Waals surface area (Å²) in [5.41, 5.74) is 2.47. The molecular weight excluding hydrogens is 266 g/mol. The number of H-pyrrole nitrogens is 1. The number of hydrogen-bond donors (Lipinski definition) is 2. The van der Waals surface area contributed by atoms with E-state index < -0.39 is 0 Å². The minimum absolute atomic E-state index is 0.922. The average Bonchev–Trinajstić information content (AvgIpc) is 3.16. The zero-order valence-corrected chi connectivity index (χ0v) is 12.0. The number of nitrogens with one attached hydrogen (secondary N) is 2. The van der Waals surface area contributed by atoms with Gasteiger partial charge in [0.25, 0.3) is 0 Å². The lowest BCUT2D eigenvalue weighted by atomic mass is 10.2. The van der Waals surface area contributed by atoms with Crippen molar-refractivity contribution in [1.29, 1.82) is 0 Å². The Bertz CT molecular complexity index is 629. The number of rotatable bonds is 6. The lowest BCUT2D eigenvalue weighted by molar-refractivity contribution is 0.687. The highest BCUT2D eigenvalue weighted by Crippen LogP contribution is 2.27. The number of thiophene rings is 1. The Morgan fingerprint density at radius 3 is 2.80 bits per heavy atom. The second-order valence-electron chi connectivity index (χ2n) is 4.64. The van der Waals surface area contributed by atoms with Crippen LogP contribution in [-0.2, 0) is 13.0 Å². The molecule has 0 saturated carbocycles. The number of nitrogens with zero attached hydrogens (tertiary/aromatic N) is 1. The molecule has 1 aromatic carbocycles. The third-order valence-corrected chi connectivity index (χ3v) is 4.28. The third-order valence-electron chi connectivity index (χ3n) is 3.15. The minimum atomic E-state index is 0.922. The lowest BCUT2D eigenvalue weighted by Gasteiger charge is -2.01. The van der Waals surface area contributed by atoms with E-state index in [1.807, 2.05) is 17.5 Å². The van der Waals surface area contributed by atoms with Gasteiger partial charge in [0.05, 0.1) is 6.33 Å². The van der Waals surface area contributed by atoms with Gasteiger partial charge in [0.15, 0.2) is 0 Å². The minimum Gasteiger partial charge on any atom is -0.348 e. The normalized spacial score (nSPS) is 10.8. The molecule has 0 bridgehead atoms. The van der Waals surface area contributed by atoms with Crippen LogP contribution in [0.25, 0.3) is 10.4 Å². The Balaban J connectivity index is 1.50. The molecule has 0 atom stereocenters. The summed E-state index contributed by atoms with van der Waals surface area (Å²) >= 11 is 1.85. The summed E-state index contributed by atoms with van der Waals surface area (Å²) in [7, 11) is 0. The Morgan fingerprint density at radius 2 is 2.00 bits per heavy atom. The van der Waals surface area contributed by atoms with Crippen LogP contribution in [0.4, 0.5) is 0 Å². The van der Waals surface area contributed by atoms with Crippen molar-refractivity contribution in [1.82, 2.24) is 15.3 Å². The Labute approximate surface area is 122 Å². The van der Waals surface area contributed by atoms with Crippen molar-refractivity contribution in [2.45, 2.75) is 13.0 Å². The molecule has 3 nitrogen and oxygen atoms in total. The molecule has 0 radical (unpaired) electrons. The molecule has 3 aromatic rings. The van der Waals surface area contributed by atoms with Crippen molar-refractivity contribution in [2.75, 3.05) is 6.54 Å². The number of benzene rings is 1. The molecule has 0 aliphatic rings. The van der Waals surface area contributed by atoms with E-state index in [9.17, 15) is 0 Å². The van der Waals surface area contributed by atoms with E-state index in [2.05, 4.69) is 57.7 Å². The van der Waals surface area contributed by atoms with E-state index >= 15 is 0 Å². The molecule has 0 amide bonds. The molecule has 0 spiro atoms. The molecule has 3 rings (SSSR count). The molecule has 2 N–H and O–H groups in total. The van der Waals surface area contributed by atoms with Crippen LogP contribution in [-0.4, -0.2) is 16.5 Å².